The Balaban J connectivity index is 1.93. The number of fused-ring (bicyclic) bond motifs is 1. The number of aromatic amines is 1. The Hall–Kier alpha value is -2.68. The first-order valence-electron chi connectivity index (χ1n) is 8.70. The summed E-state index contributed by atoms with van der Waals surface area (Å²) in [5.74, 6) is -0.679. The van der Waals surface area contributed by atoms with E-state index in [1.807, 2.05) is 0 Å². The van der Waals surface area contributed by atoms with Crippen molar-refractivity contribution in [1.82, 2.24) is 9.88 Å². The maximum Gasteiger partial charge on any atom is 0.422 e. The van der Waals surface area contributed by atoms with Gasteiger partial charge in [0.1, 0.15) is 23.7 Å². The number of aromatic nitrogens is 1. The van der Waals surface area contributed by atoms with E-state index in [4.69, 9.17) is 21.1 Å². The predicted octanol–water partition coefficient (Wildman–Crippen LogP) is 3.62. The van der Waals surface area contributed by atoms with Crippen molar-refractivity contribution < 1.29 is 27.4 Å². The minimum atomic E-state index is -4.55. The summed E-state index contributed by atoms with van der Waals surface area (Å²) in [5.41, 5.74) is 1.42. The Morgan fingerprint density at radius 2 is 2.00 bits per heavy atom. The molecule has 1 aromatic carbocycles. The largest absolute Gasteiger partial charge is 0.491 e. The lowest BCUT2D eigenvalue weighted by Gasteiger charge is -2.21. The average Bonchev–Trinajstić information content (AvgIpc) is 2.76. The standard InChI is InChI=1S/C19H18ClF3N2O4/c1-10-7-11(2)24-17(26)12(10)8-25-5-6-28-13-3-4-14(29-9-19(21,22)23)16(20)15(13)18(25)27/h3-4,7H,5-6,8-9H2,1-2H3,(H,24,26). The van der Waals surface area contributed by atoms with Crippen LogP contribution in [0.1, 0.15) is 27.2 Å². The Bertz CT molecular complexity index is 1000. The Kier molecular flexibility index (Phi) is 5.79. The average molecular weight is 431 g/mol. The van der Waals surface area contributed by atoms with Gasteiger partial charge in [0.2, 0.25) is 0 Å². The van der Waals surface area contributed by atoms with E-state index < -0.39 is 18.7 Å². The van der Waals surface area contributed by atoms with Crippen LogP contribution in [0.3, 0.4) is 0 Å². The molecule has 0 bridgehead atoms. The van der Waals surface area contributed by atoms with Gasteiger partial charge >= 0.3 is 6.18 Å². The first kappa shape index (κ1) is 21.0. The van der Waals surface area contributed by atoms with Gasteiger partial charge in [-0.2, -0.15) is 13.2 Å². The number of halogens is 4. The van der Waals surface area contributed by atoms with Crippen LogP contribution < -0.4 is 15.0 Å². The van der Waals surface area contributed by atoms with Crippen LogP contribution in [0, 0.1) is 13.8 Å². The van der Waals surface area contributed by atoms with Gasteiger partial charge in [0.05, 0.1) is 18.1 Å². The van der Waals surface area contributed by atoms with E-state index in [1.54, 1.807) is 19.9 Å². The van der Waals surface area contributed by atoms with Crippen molar-refractivity contribution >= 4 is 17.5 Å². The van der Waals surface area contributed by atoms with Gasteiger partial charge in [-0.3, -0.25) is 9.59 Å². The number of ether oxygens (including phenoxy) is 2. The van der Waals surface area contributed by atoms with E-state index in [0.717, 1.165) is 5.56 Å². The molecule has 0 fully saturated rings. The lowest BCUT2D eigenvalue weighted by molar-refractivity contribution is -0.153. The number of hydrogen-bond donors (Lipinski definition) is 1. The molecule has 156 valence electrons. The molecule has 0 saturated carbocycles. The number of alkyl halides is 3. The zero-order chi connectivity index (χ0) is 21.3. The lowest BCUT2D eigenvalue weighted by Crippen LogP contribution is -2.34. The molecule has 6 nitrogen and oxygen atoms in total. The fourth-order valence-electron chi connectivity index (χ4n) is 3.08. The number of benzene rings is 1. The number of carbonyl (C=O) groups excluding carboxylic acids is 1. The van der Waals surface area contributed by atoms with Crippen LogP contribution in [0.4, 0.5) is 13.2 Å². The van der Waals surface area contributed by atoms with Gasteiger partial charge in [-0.1, -0.05) is 11.6 Å². The maximum absolute atomic E-state index is 13.1. The minimum Gasteiger partial charge on any atom is -0.491 e. The van der Waals surface area contributed by atoms with E-state index in [2.05, 4.69) is 4.98 Å². The molecule has 2 heterocycles. The minimum absolute atomic E-state index is 0.00699. The summed E-state index contributed by atoms with van der Waals surface area (Å²) in [6.07, 6.45) is -4.55. The van der Waals surface area contributed by atoms with Crippen molar-refractivity contribution in [3.05, 3.63) is 56.0 Å². The predicted molar refractivity (Wildman–Crippen MR) is 99.8 cm³/mol. The molecule has 0 radical (unpaired) electrons. The van der Waals surface area contributed by atoms with Crippen molar-refractivity contribution in [2.24, 2.45) is 0 Å². The van der Waals surface area contributed by atoms with Crippen LogP contribution in [0.5, 0.6) is 11.5 Å². The fraction of sp³-hybridized carbons (Fsp3) is 0.368. The molecule has 0 aliphatic carbocycles. The van der Waals surface area contributed by atoms with Crippen LogP contribution in [0.25, 0.3) is 0 Å². The second-order valence-electron chi connectivity index (χ2n) is 6.67. The smallest absolute Gasteiger partial charge is 0.422 e. The molecular formula is C19H18ClF3N2O4. The molecule has 0 saturated heterocycles. The number of H-pyrrole nitrogens is 1. The summed E-state index contributed by atoms with van der Waals surface area (Å²) in [5, 5.41) is -0.266. The first-order chi connectivity index (χ1) is 13.6. The molecule has 1 aliphatic heterocycles. The number of nitrogens with one attached hydrogen (secondary N) is 1. The van der Waals surface area contributed by atoms with E-state index in [9.17, 15) is 22.8 Å². The van der Waals surface area contributed by atoms with E-state index in [1.165, 1.54) is 17.0 Å². The van der Waals surface area contributed by atoms with Crippen molar-refractivity contribution in [2.75, 3.05) is 19.8 Å². The topological polar surface area (TPSA) is 71.6 Å². The monoisotopic (exact) mass is 430 g/mol. The Morgan fingerprint density at radius 3 is 2.66 bits per heavy atom. The second kappa shape index (κ2) is 7.98. The van der Waals surface area contributed by atoms with E-state index in [0.29, 0.717) is 11.3 Å². The third kappa shape index (κ3) is 4.67. The molecule has 1 N–H and O–H groups in total. The third-order valence-electron chi connectivity index (χ3n) is 4.42. The zero-order valence-corrected chi connectivity index (χ0v) is 16.4. The quantitative estimate of drug-likeness (QED) is 0.804. The molecule has 3 rings (SSSR count). The van der Waals surface area contributed by atoms with Crippen LogP contribution in [-0.2, 0) is 6.54 Å². The van der Waals surface area contributed by atoms with Gasteiger partial charge < -0.3 is 19.4 Å². The second-order valence-corrected chi connectivity index (χ2v) is 7.05. The van der Waals surface area contributed by atoms with E-state index in [-0.39, 0.29) is 47.3 Å². The Labute approximate surface area is 169 Å². The number of carbonyl (C=O) groups is 1. The van der Waals surface area contributed by atoms with Gasteiger partial charge in [0.25, 0.3) is 11.5 Å². The molecule has 0 atom stereocenters. The lowest BCUT2D eigenvalue weighted by atomic mass is 10.1. The molecule has 29 heavy (non-hydrogen) atoms. The molecule has 2 aromatic rings. The van der Waals surface area contributed by atoms with E-state index >= 15 is 0 Å². The SMILES string of the molecule is Cc1cc(C)c(CN2CCOc3ccc(OCC(F)(F)F)c(Cl)c3C2=O)c(=O)[nH]1. The third-order valence-corrected chi connectivity index (χ3v) is 4.80. The summed E-state index contributed by atoms with van der Waals surface area (Å²) in [4.78, 5) is 29.4. The number of pyridine rings is 1. The molecule has 1 aromatic heterocycles. The maximum atomic E-state index is 13.1. The highest BCUT2D eigenvalue weighted by Gasteiger charge is 2.32. The van der Waals surface area contributed by atoms with Gasteiger partial charge in [0.15, 0.2) is 6.61 Å². The molecule has 1 amide bonds. The molecule has 0 unspecified atom stereocenters. The number of hydrogen-bond acceptors (Lipinski definition) is 4. The summed E-state index contributed by atoms with van der Waals surface area (Å²) in [6.45, 7) is 2.30. The summed E-state index contributed by atoms with van der Waals surface area (Å²) < 4.78 is 47.6. The molecule has 10 heteroatoms. The summed E-state index contributed by atoms with van der Waals surface area (Å²) >= 11 is 6.19. The molecule has 0 spiro atoms. The number of nitrogens with zero attached hydrogens (tertiary/aromatic N) is 1. The fourth-order valence-corrected chi connectivity index (χ4v) is 3.37. The Morgan fingerprint density at radius 1 is 1.28 bits per heavy atom. The van der Waals surface area contributed by atoms with Gasteiger partial charge in [-0.15, -0.1) is 0 Å². The number of amides is 1. The summed E-state index contributed by atoms with van der Waals surface area (Å²) in [6, 6.07) is 4.36. The molecular weight excluding hydrogens is 413 g/mol. The summed E-state index contributed by atoms with van der Waals surface area (Å²) in [7, 11) is 0. The molecule has 1 aliphatic rings. The zero-order valence-electron chi connectivity index (χ0n) is 15.7. The van der Waals surface area contributed by atoms with Crippen LogP contribution in [0.15, 0.2) is 23.0 Å². The van der Waals surface area contributed by atoms with Crippen molar-refractivity contribution in [3.63, 3.8) is 0 Å². The van der Waals surface area contributed by atoms with Crippen molar-refractivity contribution in [1.29, 1.82) is 0 Å². The van der Waals surface area contributed by atoms with Gasteiger partial charge in [0, 0.05) is 11.3 Å². The highest BCUT2D eigenvalue weighted by atomic mass is 35.5. The first-order valence-corrected chi connectivity index (χ1v) is 9.08. The van der Waals surface area contributed by atoms with Crippen molar-refractivity contribution in [3.8, 4) is 11.5 Å². The van der Waals surface area contributed by atoms with Crippen LogP contribution in [0.2, 0.25) is 5.02 Å². The number of rotatable bonds is 4. The normalized spacial score (nSPS) is 14.3. The van der Waals surface area contributed by atoms with Crippen LogP contribution >= 0.6 is 11.6 Å². The highest BCUT2D eigenvalue weighted by Crippen LogP contribution is 2.37. The van der Waals surface area contributed by atoms with Crippen molar-refractivity contribution in [2.45, 2.75) is 26.6 Å². The highest BCUT2D eigenvalue weighted by molar-refractivity contribution is 6.35. The van der Waals surface area contributed by atoms with Gasteiger partial charge in [-0.25, -0.2) is 0 Å². The van der Waals surface area contributed by atoms with Crippen LogP contribution in [-0.4, -0.2) is 41.7 Å². The van der Waals surface area contributed by atoms with Gasteiger partial charge in [-0.05, 0) is 37.6 Å². The number of aryl methyl sites for hydroxylation is 2.